The Bertz CT molecular complexity index is 501. The fraction of sp³-hybridized carbons (Fsp3) is 0.688. The quantitative estimate of drug-likeness (QED) is 0.922. The van der Waals surface area contributed by atoms with Crippen LogP contribution >= 0.6 is 0 Å². The SMILES string of the molecule is CC(C)c1cnnc(C(=O)N[C@@H]2CN(C(C)C)C[C@@H]2C)c1. The summed E-state index contributed by atoms with van der Waals surface area (Å²) in [5, 5.41) is 11.0. The van der Waals surface area contributed by atoms with Gasteiger partial charge in [0, 0.05) is 25.2 Å². The Balaban J connectivity index is 2.03. The van der Waals surface area contributed by atoms with Gasteiger partial charge in [0.2, 0.25) is 0 Å². The van der Waals surface area contributed by atoms with Crippen molar-refractivity contribution in [2.75, 3.05) is 13.1 Å². The molecule has 0 saturated carbocycles. The lowest BCUT2D eigenvalue weighted by molar-refractivity contribution is 0.0924. The molecule has 21 heavy (non-hydrogen) atoms. The number of hydrogen-bond donors (Lipinski definition) is 1. The summed E-state index contributed by atoms with van der Waals surface area (Å²) >= 11 is 0. The molecule has 1 saturated heterocycles. The average Bonchev–Trinajstić information content (AvgIpc) is 2.80. The second kappa shape index (κ2) is 6.52. The second-order valence-corrected chi connectivity index (χ2v) is 6.63. The van der Waals surface area contributed by atoms with Crippen LogP contribution in [0, 0.1) is 5.92 Å². The van der Waals surface area contributed by atoms with Crippen molar-refractivity contribution in [2.45, 2.75) is 52.6 Å². The maximum absolute atomic E-state index is 12.4. The molecule has 1 amide bonds. The summed E-state index contributed by atoms with van der Waals surface area (Å²) in [5.74, 6) is 0.680. The van der Waals surface area contributed by atoms with Gasteiger partial charge in [-0.3, -0.25) is 9.69 Å². The Morgan fingerprint density at radius 2 is 2.05 bits per heavy atom. The van der Waals surface area contributed by atoms with Crippen LogP contribution in [0.4, 0.5) is 0 Å². The molecule has 116 valence electrons. The number of nitrogens with one attached hydrogen (secondary N) is 1. The minimum absolute atomic E-state index is 0.118. The topological polar surface area (TPSA) is 58.1 Å². The molecule has 2 rings (SSSR count). The molecule has 1 aromatic rings. The van der Waals surface area contributed by atoms with Crippen molar-refractivity contribution in [3.05, 3.63) is 23.5 Å². The van der Waals surface area contributed by atoms with Crippen molar-refractivity contribution in [3.63, 3.8) is 0 Å². The smallest absolute Gasteiger partial charge is 0.272 e. The molecule has 0 aliphatic carbocycles. The summed E-state index contributed by atoms with van der Waals surface area (Å²) < 4.78 is 0. The molecule has 5 heteroatoms. The maximum atomic E-state index is 12.4. The number of aromatic nitrogens is 2. The van der Waals surface area contributed by atoms with E-state index in [2.05, 4.69) is 55.0 Å². The molecule has 1 aliphatic heterocycles. The van der Waals surface area contributed by atoms with Crippen molar-refractivity contribution in [1.82, 2.24) is 20.4 Å². The van der Waals surface area contributed by atoms with E-state index in [0.717, 1.165) is 18.7 Å². The van der Waals surface area contributed by atoms with E-state index in [1.165, 1.54) is 0 Å². The van der Waals surface area contributed by atoms with Crippen LogP contribution in [0.25, 0.3) is 0 Å². The molecule has 2 atom stereocenters. The summed E-state index contributed by atoms with van der Waals surface area (Å²) in [6.45, 7) is 12.7. The third-order valence-corrected chi connectivity index (χ3v) is 4.26. The predicted molar refractivity (Wildman–Crippen MR) is 83.2 cm³/mol. The monoisotopic (exact) mass is 290 g/mol. The molecule has 0 spiro atoms. The molecule has 2 heterocycles. The van der Waals surface area contributed by atoms with E-state index >= 15 is 0 Å². The van der Waals surface area contributed by atoms with Crippen molar-refractivity contribution in [3.8, 4) is 0 Å². The van der Waals surface area contributed by atoms with Gasteiger partial charge in [-0.05, 0) is 37.3 Å². The molecule has 0 radical (unpaired) electrons. The van der Waals surface area contributed by atoms with Gasteiger partial charge in [-0.1, -0.05) is 20.8 Å². The number of carbonyl (C=O) groups is 1. The van der Waals surface area contributed by atoms with E-state index < -0.39 is 0 Å². The third-order valence-electron chi connectivity index (χ3n) is 4.26. The van der Waals surface area contributed by atoms with E-state index in [-0.39, 0.29) is 11.9 Å². The molecule has 1 N–H and O–H groups in total. The average molecular weight is 290 g/mol. The lowest BCUT2D eigenvalue weighted by Gasteiger charge is -2.20. The van der Waals surface area contributed by atoms with Crippen LogP contribution in [0.1, 0.15) is 56.6 Å². The van der Waals surface area contributed by atoms with Gasteiger partial charge >= 0.3 is 0 Å². The van der Waals surface area contributed by atoms with Crippen molar-refractivity contribution in [1.29, 1.82) is 0 Å². The Morgan fingerprint density at radius 3 is 2.62 bits per heavy atom. The normalized spacial score (nSPS) is 23.0. The van der Waals surface area contributed by atoms with E-state index in [0.29, 0.717) is 23.6 Å². The minimum Gasteiger partial charge on any atom is -0.346 e. The first-order valence-electron chi connectivity index (χ1n) is 7.76. The summed E-state index contributed by atoms with van der Waals surface area (Å²) in [6, 6.07) is 2.54. The fourth-order valence-electron chi connectivity index (χ4n) is 2.66. The van der Waals surface area contributed by atoms with Crippen molar-refractivity contribution < 1.29 is 4.79 Å². The van der Waals surface area contributed by atoms with Crippen molar-refractivity contribution >= 4 is 5.91 Å². The first-order valence-corrected chi connectivity index (χ1v) is 7.76. The standard InChI is InChI=1S/C16H26N4O/c1-10(2)13-6-14(19-17-7-13)16(21)18-15-9-20(11(3)4)8-12(15)5/h6-7,10-12,15H,8-9H2,1-5H3,(H,18,21)/t12-,15+/m0/s1. The minimum atomic E-state index is -0.118. The molecule has 0 unspecified atom stereocenters. The van der Waals surface area contributed by atoms with Crippen LogP contribution in [-0.4, -0.2) is 46.2 Å². The van der Waals surface area contributed by atoms with Gasteiger partial charge in [0.05, 0.1) is 6.20 Å². The Kier molecular flexibility index (Phi) is 4.93. The molecule has 1 fully saturated rings. The number of carbonyl (C=O) groups excluding carboxylic acids is 1. The highest BCUT2D eigenvalue weighted by molar-refractivity contribution is 5.92. The zero-order chi connectivity index (χ0) is 15.6. The van der Waals surface area contributed by atoms with Crippen LogP contribution in [0.15, 0.2) is 12.3 Å². The Hall–Kier alpha value is -1.49. The Morgan fingerprint density at radius 1 is 1.33 bits per heavy atom. The number of nitrogens with zero attached hydrogens (tertiary/aromatic N) is 3. The lowest BCUT2D eigenvalue weighted by atomic mass is 10.0. The maximum Gasteiger partial charge on any atom is 0.272 e. The lowest BCUT2D eigenvalue weighted by Crippen LogP contribution is -2.41. The molecular weight excluding hydrogens is 264 g/mol. The largest absolute Gasteiger partial charge is 0.346 e. The zero-order valence-corrected chi connectivity index (χ0v) is 13.6. The molecule has 1 aliphatic rings. The molecular formula is C16H26N4O. The van der Waals surface area contributed by atoms with E-state index in [9.17, 15) is 4.79 Å². The fourth-order valence-corrected chi connectivity index (χ4v) is 2.66. The van der Waals surface area contributed by atoms with Crippen LogP contribution in [-0.2, 0) is 0 Å². The van der Waals surface area contributed by atoms with E-state index in [4.69, 9.17) is 0 Å². The van der Waals surface area contributed by atoms with Gasteiger partial charge in [0.1, 0.15) is 0 Å². The Labute approximate surface area is 127 Å². The highest BCUT2D eigenvalue weighted by Crippen LogP contribution is 2.19. The molecule has 1 aromatic heterocycles. The predicted octanol–water partition coefficient (Wildman–Crippen LogP) is 2.06. The highest BCUT2D eigenvalue weighted by atomic mass is 16.2. The van der Waals surface area contributed by atoms with Gasteiger partial charge in [-0.25, -0.2) is 0 Å². The first kappa shape index (κ1) is 15.9. The summed E-state index contributed by atoms with van der Waals surface area (Å²) in [6.07, 6.45) is 1.72. The first-order chi connectivity index (χ1) is 9.88. The summed E-state index contributed by atoms with van der Waals surface area (Å²) in [7, 11) is 0. The number of hydrogen-bond acceptors (Lipinski definition) is 4. The van der Waals surface area contributed by atoms with Gasteiger partial charge in [-0.2, -0.15) is 5.10 Å². The van der Waals surface area contributed by atoms with Crippen molar-refractivity contribution in [2.24, 2.45) is 5.92 Å². The number of amides is 1. The molecule has 0 aromatic carbocycles. The van der Waals surface area contributed by atoms with Crippen LogP contribution in [0.2, 0.25) is 0 Å². The zero-order valence-electron chi connectivity index (χ0n) is 13.6. The number of likely N-dealkylation sites (tertiary alicyclic amines) is 1. The van der Waals surface area contributed by atoms with E-state index in [1.54, 1.807) is 6.20 Å². The van der Waals surface area contributed by atoms with Gasteiger partial charge in [-0.15, -0.1) is 5.10 Å². The number of rotatable bonds is 4. The van der Waals surface area contributed by atoms with Crippen LogP contribution < -0.4 is 5.32 Å². The second-order valence-electron chi connectivity index (χ2n) is 6.63. The van der Waals surface area contributed by atoms with Crippen LogP contribution in [0.3, 0.4) is 0 Å². The summed E-state index contributed by atoms with van der Waals surface area (Å²) in [4.78, 5) is 14.8. The van der Waals surface area contributed by atoms with Crippen LogP contribution in [0.5, 0.6) is 0 Å². The molecule has 5 nitrogen and oxygen atoms in total. The molecule has 0 bridgehead atoms. The highest BCUT2D eigenvalue weighted by Gasteiger charge is 2.32. The van der Waals surface area contributed by atoms with E-state index in [1.807, 2.05) is 6.07 Å². The van der Waals surface area contributed by atoms with Gasteiger partial charge in [0.25, 0.3) is 5.91 Å². The third kappa shape index (κ3) is 3.79. The van der Waals surface area contributed by atoms with Gasteiger partial charge in [0.15, 0.2) is 5.69 Å². The van der Waals surface area contributed by atoms with Gasteiger partial charge < -0.3 is 5.32 Å². The summed E-state index contributed by atoms with van der Waals surface area (Å²) in [5.41, 5.74) is 1.45.